The van der Waals surface area contributed by atoms with E-state index in [4.69, 9.17) is 10.00 Å². The van der Waals surface area contributed by atoms with Crippen LogP contribution >= 0.6 is 0 Å². The minimum absolute atomic E-state index is 0.0334. The number of alkyl halides is 6. The van der Waals surface area contributed by atoms with Crippen molar-refractivity contribution in [2.75, 3.05) is 11.4 Å². The molecule has 160 valence electrons. The maximum Gasteiger partial charge on any atom is 0.433 e. The number of hydrogen-bond acceptors (Lipinski definition) is 4. The Morgan fingerprint density at radius 2 is 1.73 bits per heavy atom. The van der Waals surface area contributed by atoms with E-state index in [1.165, 1.54) is 6.07 Å². The number of aliphatic hydroxyl groups excluding tert-OH is 1. The highest BCUT2D eigenvalue weighted by molar-refractivity contribution is 5.62. The van der Waals surface area contributed by atoms with Gasteiger partial charge in [-0.1, -0.05) is 36.4 Å². The molecule has 1 saturated heterocycles. The van der Waals surface area contributed by atoms with E-state index in [2.05, 4.69) is 0 Å². The van der Waals surface area contributed by atoms with Gasteiger partial charge < -0.3 is 14.7 Å². The van der Waals surface area contributed by atoms with Crippen molar-refractivity contribution in [3.05, 3.63) is 65.2 Å². The first-order valence-electron chi connectivity index (χ1n) is 8.83. The molecule has 0 spiro atoms. The molecule has 2 aromatic rings. The van der Waals surface area contributed by atoms with Crippen LogP contribution in [0.5, 0.6) is 0 Å². The van der Waals surface area contributed by atoms with E-state index >= 15 is 0 Å². The van der Waals surface area contributed by atoms with Gasteiger partial charge in [-0.25, -0.2) is 0 Å². The normalized spacial score (nSPS) is 20.8. The van der Waals surface area contributed by atoms with E-state index in [0.29, 0.717) is 10.5 Å². The summed E-state index contributed by atoms with van der Waals surface area (Å²) >= 11 is 0. The first kappa shape index (κ1) is 21.9. The second kappa shape index (κ2) is 8.16. The van der Waals surface area contributed by atoms with Crippen molar-refractivity contribution in [2.24, 2.45) is 0 Å². The fourth-order valence-corrected chi connectivity index (χ4v) is 3.42. The predicted octanol–water partition coefficient (Wildman–Crippen LogP) is 4.27. The molecule has 1 N–H and O–H groups in total. The summed E-state index contributed by atoms with van der Waals surface area (Å²) < 4.78 is 86.4. The molecule has 30 heavy (non-hydrogen) atoms. The summed E-state index contributed by atoms with van der Waals surface area (Å²) in [6.45, 7) is -0.629. The van der Waals surface area contributed by atoms with Gasteiger partial charge in [0, 0.05) is 13.0 Å². The third kappa shape index (κ3) is 4.52. The van der Waals surface area contributed by atoms with Crippen molar-refractivity contribution >= 4 is 5.69 Å². The molecule has 1 heterocycles. The second-order valence-electron chi connectivity index (χ2n) is 6.79. The lowest BCUT2D eigenvalue weighted by atomic mass is 10.0. The lowest BCUT2D eigenvalue weighted by molar-refractivity contribution is -0.220. The molecule has 0 aromatic heterocycles. The van der Waals surface area contributed by atoms with E-state index in [9.17, 15) is 31.4 Å². The van der Waals surface area contributed by atoms with Gasteiger partial charge in [-0.05, 0) is 17.7 Å². The number of ether oxygens (including phenoxy) is 1. The van der Waals surface area contributed by atoms with Crippen molar-refractivity contribution in [1.29, 1.82) is 5.26 Å². The first-order valence-corrected chi connectivity index (χ1v) is 8.83. The van der Waals surface area contributed by atoms with Crippen LogP contribution in [0.1, 0.15) is 16.7 Å². The van der Waals surface area contributed by atoms with Crippen LogP contribution in [-0.4, -0.2) is 36.3 Å². The molecular weight excluding hydrogens is 414 g/mol. The van der Waals surface area contributed by atoms with E-state index in [-0.39, 0.29) is 6.42 Å². The Bertz CT molecular complexity index is 924. The zero-order valence-electron chi connectivity index (χ0n) is 15.3. The van der Waals surface area contributed by atoms with Crippen LogP contribution < -0.4 is 4.90 Å². The molecule has 10 heteroatoms. The maximum absolute atomic E-state index is 13.6. The van der Waals surface area contributed by atoms with Crippen LogP contribution in [0.15, 0.2) is 48.5 Å². The molecule has 0 radical (unpaired) electrons. The largest absolute Gasteiger partial charge is 0.433 e. The molecular formula is C20H16F6N2O2. The molecule has 4 nitrogen and oxygen atoms in total. The van der Waals surface area contributed by atoms with Crippen molar-refractivity contribution in [3.63, 3.8) is 0 Å². The topological polar surface area (TPSA) is 56.5 Å². The highest BCUT2D eigenvalue weighted by atomic mass is 19.4. The molecule has 3 rings (SSSR count). The van der Waals surface area contributed by atoms with Gasteiger partial charge in [-0.3, -0.25) is 0 Å². The van der Waals surface area contributed by atoms with Gasteiger partial charge in [-0.2, -0.15) is 31.6 Å². The lowest BCUT2D eigenvalue weighted by Crippen LogP contribution is -2.43. The molecule has 1 aliphatic heterocycles. The zero-order valence-corrected chi connectivity index (χ0v) is 15.3. The van der Waals surface area contributed by atoms with Crippen molar-refractivity contribution in [1.82, 2.24) is 0 Å². The Balaban J connectivity index is 1.97. The summed E-state index contributed by atoms with van der Waals surface area (Å²) in [5.41, 5.74) is -2.45. The number of halogens is 6. The summed E-state index contributed by atoms with van der Waals surface area (Å²) in [5.74, 6) is 0. The van der Waals surface area contributed by atoms with Gasteiger partial charge in [0.1, 0.15) is 6.10 Å². The Kier molecular flexibility index (Phi) is 5.97. The van der Waals surface area contributed by atoms with Gasteiger partial charge in [0.2, 0.25) is 6.23 Å². The second-order valence-corrected chi connectivity index (χ2v) is 6.79. The van der Waals surface area contributed by atoms with Crippen LogP contribution in [0.4, 0.5) is 32.0 Å². The Morgan fingerprint density at radius 3 is 2.30 bits per heavy atom. The van der Waals surface area contributed by atoms with E-state index in [1.54, 1.807) is 30.3 Å². The molecule has 2 aromatic carbocycles. The van der Waals surface area contributed by atoms with E-state index in [0.717, 1.165) is 18.2 Å². The van der Waals surface area contributed by atoms with Gasteiger partial charge in [0.05, 0.1) is 29.0 Å². The molecule has 1 unspecified atom stereocenters. The van der Waals surface area contributed by atoms with Crippen molar-refractivity contribution in [3.8, 4) is 6.07 Å². The van der Waals surface area contributed by atoms with Crippen molar-refractivity contribution < 1.29 is 36.2 Å². The van der Waals surface area contributed by atoms with Crippen LogP contribution in [-0.2, 0) is 17.3 Å². The van der Waals surface area contributed by atoms with Gasteiger partial charge in [0.25, 0.3) is 0 Å². The highest BCUT2D eigenvalue weighted by Gasteiger charge is 2.53. The molecule has 0 bridgehead atoms. The van der Waals surface area contributed by atoms with E-state index < -0.39 is 54.1 Å². The number of benzene rings is 2. The maximum atomic E-state index is 13.6. The summed E-state index contributed by atoms with van der Waals surface area (Å²) in [7, 11) is 0. The van der Waals surface area contributed by atoms with Crippen LogP contribution in [0.3, 0.4) is 0 Å². The Morgan fingerprint density at radius 1 is 1.07 bits per heavy atom. The number of aliphatic hydroxyl groups is 1. The monoisotopic (exact) mass is 430 g/mol. The number of rotatable bonds is 4. The SMILES string of the molecule is N#Cc1cccc(N2C[C@@H](C(O)Cc3ccccc3)O[C@@H]2C(F)(F)F)c1C(F)(F)F. The summed E-state index contributed by atoms with van der Waals surface area (Å²) in [6.07, 6.45) is -15.6. The van der Waals surface area contributed by atoms with Crippen molar-refractivity contribution in [2.45, 2.75) is 37.2 Å². The molecule has 1 aliphatic rings. The average molecular weight is 430 g/mol. The Labute approximate surface area is 167 Å². The van der Waals surface area contributed by atoms with E-state index in [1.807, 2.05) is 0 Å². The van der Waals surface area contributed by atoms with Gasteiger partial charge in [-0.15, -0.1) is 0 Å². The number of nitrogens with zero attached hydrogens (tertiary/aromatic N) is 2. The lowest BCUT2D eigenvalue weighted by Gasteiger charge is -2.29. The minimum atomic E-state index is -5.06. The highest BCUT2D eigenvalue weighted by Crippen LogP contribution is 2.43. The number of hydrogen-bond donors (Lipinski definition) is 1. The van der Waals surface area contributed by atoms with Gasteiger partial charge in [0.15, 0.2) is 0 Å². The number of anilines is 1. The fraction of sp³-hybridized carbons (Fsp3) is 0.350. The standard InChI is InChI=1S/C20H16F6N2O2/c21-19(22,23)17-13(10-27)7-4-8-14(17)28-11-16(30-18(28)20(24,25)26)15(29)9-12-5-2-1-3-6-12/h1-8,15-16,18,29H,9,11H2/t15?,16-,18+/m0/s1. The van der Waals surface area contributed by atoms with Crippen LogP contribution in [0.2, 0.25) is 0 Å². The molecule has 1 fully saturated rings. The molecule has 0 aliphatic carbocycles. The third-order valence-corrected chi connectivity index (χ3v) is 4.72. The first-order chi connectivity index (χ1) is 14.0. The molecule has 0 saturated carbocycles. The summed E-state index contributed by atoms with van der Waals surface area (Å²) in [5, 5.41) is 19.4. The quantitative estimate of drug-likeness (QED) is 0.736. The Hall–Kier alpha value is -2.77. The van der Waals surface area contributed by atoms with Gasteiger partial charge >= 0.3 is 12.4 Å². The smallest absolute Gasteiger partial charge is 0.390 e. The number of nitriles is 1. The van der Waals surface area contributed by atoms with Crippen LogP contribution in [0.25, 0.3) is 0 Å². The predicted molar refractivity (Wildman–Crippen MR) is 94.4 cm³/mol. The molecule has 0 amide bonds. The third-order valence-electron chi connectivity index (χ3n) is 4.72. The summed E-state index contributed by atoms with van der Waals surface area (Å²) in [4.78, 5) is 0.405. The minimum Gasteiger partial charge on any atom is -0.390 e. The average Bonchev–Trinajstić information content (AvgIpc) is 3.13. The zero-order chi connectivity index (χ0) is 22.1. The van der Waals surface area contributed by atoms with Crippen LogP contribution in [0, 0.1) is 11.3 Å². The fourth-order valence-electron chi connectivity index (χ4n) is 3.42. The molecule has 3 atom stereocenters. The summed E-state index contributed by atoms with van der Waals surface area (Å²) in [6, 6.07) is 12.6.